The fourth-order valence-corrected chi connectivity index (χ4v) is 7.16. The van der Waals surface area contributed by atoms with Crippen molar-refractivity contribution in [3.05, 3.63) is 79.4 Å². The molecular formula is C48H74F2O6. The SMILES string of the molecule is C=CC(CCCCCC)C(=O)O[C@H]1C[C@@H](O)[C@H](/C=C/C(F)(F)COc2ccccc2)[C@H]1C/C=C\CCCC(=O)OCCCCCCCC/C=C/CCCCCC. The second-order valence-corrected chi connectivity index (χ2v) is 15.5. The molecule has 1 unspecified atom stereocenters. The van der Waals surface area contributed by atoms with Crippen molar-refractivity contribution in [1.82, 2.24) is 0 Å². The lowest BCUT2D eigenvalue weighted by atomic mass is 9.89. The van der Waals surface area contributed by atoms with E-state index >= 15 is 0 Å². The zero-order valence-electron chi connectivity index (χ0n) is 34.7. The number of halogens is 2. The number of allylic oxidation sites excluding steroid dienone is 4. The summed E-state index contributed by atoms with van der Waals surface area (Å²) in [6.45, 7) is 7.83. The lowest BCUT2D eigenvalue weighted by molar-refractivity contribution is -0.154. The van der Waals surface area contributed by atoms with Gasteiger partial charge in [0.15, 0.2) is 6.61 Å². The summed E-state index contributed by atoms with van der Waals surface area (Å²) in [7, 11) is 0. The first kappa shape index (κ1) is 48.9. The topological polar surface area (TPSA) is 82.1 Å². The van der Waals surface area contributed by atoms with Gasteiger partial charge >= 0.3 is 11.9 Å². The van der Waals surface area contributed by atoms with Crippen LogP contribution in [0, 0.1) is 17.8 Å². The zero-order chi connectivity index (χ0) is 40.7. The molecule has 1 aliphatic rings. The van der Waals surface area contributed by atoms with Gasteiger partial charge in [-0.2, -0.15) is 8.78 Å². The van der Waals surface area contributed by atoms with Crippen molar-refractivity contribution < 1.29 is 37.7 Å². The number of aliphatic hydroxyl groups excluding tert-OH is 1. The summed E-state index contributed by atoms with van der Waals surface area (Å²) >= 11 is 0. The van der Waals surface area contributed by atoms with Gasteiger partial charge in [-0.1, -0.05) is 139 Å². The van der Waals surface area contributed by atoms with Gasteiger partial charge in [-0.05, 0) is 76.0 Å². The van der Waals surface area contributed by atoms with Gasteiger partial charge in [0.1, 0.15) is 11.9 Å². The Kier molecular flexibility index (Phi) is 26.9. The molecule has 1 aromatic carbocycles. The molecule has 8 heteroatoms. The Morgan fingerprint density at radius 3 is 2.12 bits per heavy atom. The lowest BCUT2D eigenvalue weighted by Gasteiger charge is -2.24. The van der Waals surface area contributed by atoms with Crippen molar-refractivity contribution in [3.8, 4) is 5.75 Å². The number of carbonyl (C=O) groups excluding carboxylic acids is 2. The quantitative estimate of drug-likeness (QED) is 0.0434. The number of aliphatic hydroxyl groups is 1. The van der Waals surface area contributed by atoms with Gasteiger partial charge in [-0.3, -0.25) is 9.59 Å². The molecule has 0 heterocycles. The monoisotopic (exact) mass is 785 g/mol. The second-order valence-electron chi connectivity index (χ2n) is 15.5. The molecule has 0 amide bonds. The Balaban J connectivity index is 1.79. The largest absolute Gasteiger partial charge is 0.487 e. The third-order valence-corrected chi connectivity index (χ3v) is 10.6. The van der Waals surface area contributed by atoms with E-state index < -0.39 is 42.5 Å². The maximum Gasteiger partial charge on any atom is 0.313 e. The maximum atomic E-state index is 14.9. The predicted octanol–water partition coefficient (Wildman–Crippen LogP) is 12.9. The third-order valence-electron chi connectivity index (χ3n) is 10.6. The highest BCUT2D eigenvalue weighted by molar-refractivity contribution is 5.74. The highest BCUT2D eigenvalue weighted by atomic mass is 19.3. The van der Waals surface area contributed by atoms with Crippen LogP contribution in [0.15, 0.2) is 79.4 Å². The molecule has 6 nitrogen and oxygen atoms in total. The Morgan fingerprint density at radius 1 is 0.839 bits per heavy atom. The van der Waals surface area contributed by atoms with E-state index in [1.807, 2.05) is 12.2 Å². The minimum Gasteiger partial charge on any atom is -0.487 e. The molecule has 316 valence electrons. The summed E-state index contributed by atoms with van der Waals surface area (Å²) in [6.07, 6.45) is 32.1. The zero-order valence-corrected chi connectivity index (χ0v) is 34.7. The summed E-state index contributed by atoms with van der Waals surface area (Å²) in [6, 6.07) is 8.44. The number of hydrogen-bond acceptors (Lipinski definition) is 6. The van der Waals surface area contributed by atoms with Gasteiger partial charge in [-0.15, -0.1) is 6.58 Å². The second kappa shape index (κ2) is 30.8. The van der Waals surface area contributed by atoms with Gasteiger partial charge in [-0.25, -0.2) is 0 Å². The van der Waals surface area contributed by atoms with E-state index in [0.717, 1.165) is 51.0 Å². The molecular weight excluding hydrogens is 711 g/mol. The van der Waals surface area contributed by atoms with Crippen molar-refractivity contribution in [2.75, 3.05) is 13.2 Å². The van der Waals surface area contributed by atoms with Crippen molar-refractivity contribution in [1.29, 1.82) is 0 Å². The molecule has 1 fully saturated rings. The van der Waals surface area contributed by atoms with Crippen molar-refractivity contribution >= 4 is 11.9 Å². The van der Waals surface area contributed by atoms with Gasteiger partial charge in [0.05, 0.1) is 18.6 Å². The molecule has 1 aromatic rings. The number of rotatable bonds is 33. The van der Waals surface area contributed by atoms with E-state index in [-0.39, 0.29) is 18.4 Å². The van der Waals surface area contributed by atoms with Crippen molar-refractivity contribution in [2.45, 2.75) is 173 Å². The number of hydrogen-bond donors (Lipinski definition) is 1. The fraction of sp³-hybridized carbons (Fsp3) is 0.667. The average molecular weight is 785 g/mol. The molecule has 0 aliphatic heterocycles. The standard InChI is InChI=1S/C48H74F2O6/c1-4-7-9-11-12-13-14-15-16-17-18-19-22-29-37-54-46(52)34-28-21-20-27-33-43-42(35-36-48(49,50)39-55-41-31-25-23-26-32-41)44(51)38-45(43)56-47(53)40(6-3)30-24-10-8-5-2/h6,13-14,20,23,25-27,31-32,35-36,40,42-45,51H,3-5,7-12,15-19,21-22,24,28-30,33-34,37-39H2,1-2H3/b14-13+,27-20-,36-35+/t40?,42-,43-,44-,45+/m1/s1. The Morgan fingerprint density at radius 2 is 1.45 bits per heavy atom. The fourth-order valence-electron chi connectivity index (χ4n) is 7.16. The summed E-state index contributed by atoms with van der Waals surface area (Å²) in [4.78, 5) is 25.5. The van der Waals surface area contributed by atoms with Gasteiger partial charge < -0.3 is 19.3 Å². The van der Waals surface area contributed by atoms with Gasteiger partial charge in [0.2, 0.25) is 0 Å². The minimum absolute atomic E-state index is 0.161. The van der Waals surface area contributed by atoms with Crippen LogP contribution in [-0.2, 0) is 19.1 Å². The first-order valence-corrected chi connectivity index (χ1v) is 21.9. The average Bonchev–Trinajstić information content (AvgIpc) is 3.48. The molecule has 0 aromatic heterocycles. The van der Waals surface area contributed by atoms with Crippen LogP contribution in [0.5, 0.6) is 5.75 Å². The van der Waals surface area contributed by atoms with Crippen LogP contribution >= 0.6 is 0 Å². The highest BCUT2D eigenvalue weighted by Crippen LogP contribution is 2.39. The number of esters is 2. The van der Waals surface area contributed by atoms with Crippen LogP contribution < -0.4 is 4.74 Å². The number of para-hydroxylation sites is 1. The molecule has 1 saturated carbocycles. The van der Waals surface area contributed by atoms with Gasteiger partial charge in [0.25, 0.3) is 5.92 Å². The molecule has 0 bridgehead atoms. The Bertz CT molecular complexity index is 1260. The highest BCUT2D eigenvalue weighted by Gasteiger charge is 2.44. The minimum atomic E-state index is -3.27. The number of unbranched alkanes of at least 4 members (excludes halogenated alkanes) is 14. The molecule has 0 spiro atoms. The van der Waals surface area contributed by atoms with Crippen LogP contribution in [0.2, 0.25) is 0 Å². The summed E-state index contributed by atoms with van der Waals surface area (Å²) in [5, 5.41) is 11.0. The summed E-state index contributed by atoms with van der Waals surface area (Å²) < 4.78 is 46.5. The first-order valence-electron chi connectivity index (χ1n) is 21.9. The number of ether oxygens (including phenoxy) is 3. The van der Waals surface area contributed by atoms with Gasteiger partial charge in [0, 0.05) is 24.7 Å². The van der Waals surface area contributed by atoms with E-state index in [1.54, 1.807) is 36.4 Å². The number of carbonyl (C=O) groups is 2. The van der Waals surface area contributed by atoms with Crippen LogP contribution in [0.4, 0.5) is 8.78 Å². The smallest absolute Gasteiger partial charge is 0.313 e. The molecule has 56 heavy (non-hydrogen) atoms. The lowest BCUT2D eigenvalue weighted by Crippen LogP contribution is -2.28. The predicted molar refractivity (Wildman–Crippen MR) is 225 cm³/mol. The molecule has 0 saturated heterocycles. The maximum absolute atomic E-state index is 14.9. The van der Waals surface area contributed by atoms with Crippen LogP contribution in [0.1, 0.15) is 155 Å². The van der Waals surface area contributed by atoms with Crippen LogP contribution in [-0.4, -0.2) is 48.4 Å². The van der Waals surface area contributed by atoms with Crippen LogP contribution in [0.3, 0.4) is 0 Å². The first-order chi connectivity index (χ1) is 27.2. The van der Waals surface area contributed by atoms with Crippen molar-refractivity contribution in [3.63, 3.8) is 0 Å². The third kappa shape index (κ3) is 22.5. The molecule has 1 aliphatic carbocycles. The molecule has 5 atom stereocenters. The number of alkyl halides is 2. The van der Waals surface area contributed by atoms with E-state index in [0.29, 0.717) is 44.5 Å². The summed E-state index contributed by atoms with van der Waals surface area (Å²) in [5.41, 5.74) is 0. The Labute approximate surface area is 338 Å². The van der Waals surface area contributed by atoms with E-state index in [9.17, 15) is 23.5 Å². The van der Waals surface area contributed by atoms with E-state index in [1.165, 1.54) is 63.9 Å². The van der Waals surface area contributed by atoms with E-state index in [4.69, 9.17) is 14.2 Å². The Hall–Kier alpha value is -3.26. The van der Waals surface area contributed by atoms with Crippen LogP contribution in [0.25, 0.3) is 0 Å². The normalized spacial score (nSPS) is 19.2. The van der Waals surface area contributed by atoms with E-state index in [2.05, 4.69) is 32.6 Å². The summed E-state index contributed by atoms with van der Waals surface area (Å²) in [5.74, 6) is -5.01. The number of benzene rings is 1. The van der Waals surface area contributed by atoms with Crippen molar-refractivity contribution in [2.24, 2.45) is 17.8 Å². The molecule has 1 N–H and O–H groups in total. The molecule has 2 rings (SSSR count). The molecule has 0 radical (unpaired) electrons.